The zero-order chi connectivity index (χ0) is 13.9. The van der Waals surface area contributed by atoms with E-state index in [9.17, 15) is 5.11 Å². The molecule has 0 saturated heterocycles. The van der Waals surface area contributed by atoms with Crippen molar-refractivity contribution in [3.8, 4) is 5.75 Å². The van der Waals surface area contributed by atoms with Crippen molar-refractivity contribution in [1.29, 1.82) is 0 Å². The minimum atomic E-state index is -0.0398. The third kappa shape index (κ3) is 2.66. The Labute approximate surface area is 126 Å². The number of ether oxygens (including phenoxy) is 1. The van der Waals surface area contributed by atoms with Crippen molar-refractivity contribution >= 4 is 33.7 Å². The standard InChI is InChI=1S/C16H13ClO2S/c17-16-8-6-12(20-16)10-19-15-7-5-11-3-1-2-4-13(11)14(15)9-18/h1-8,18H,9-10H2. The van der Waals surface area contributed by atoms with Crippen LogP contribution in [-0.2, 0) is 13.2 Å². The summed E-state index contributed by atoms with van der Waals surface area (Å²) < 4.78 is 6.58. The summed E-state index contributed by atoms with van der Waals surface area (Å²) in [5.41, 5.74) is 0.825. The summed E-state index contributed by atoms with van der Waals surface area (Å²) in [4.78, 5) is 1.06. The van der Waals surface area contributed by atoms with E-state index in [4.69, 9.17) is 16.3 Å². The molecule has 0 aliphatic rings. The molecule has 0 aliphatic heterocycles. The minimum Gasteiger partial charge on any atom is -0.488 e. The van der Waals surface area contributed by atoms with Crippen molar-refractivity contribution in [2.75, 3.05) is 0 Å². The smallest absolute Gasteiger partial charge is 0.126 e. The van der Waals surface area contributed by atoms with Crippen molar-refractivity contribution in [3.63, 3.8) is 0 Å². The Balaban J connectivity index is 1.91. The van der Waals surface area contributed by atoms with Gasteiger partial charge in [-0.3, -0.25) is 0 Å². The first-order valence-corrected chi connectivity index (χ1v) is 7.46. The SMILES string of the molecule is OCc1c(OCc2ccc(Cl)s2)ccc2ccccc12. The number of fused-ring (bicyclic) bond motifs is 1. The maximum atomic E-state index is 9.62. The molecule has 1 aromatic heterocycles. The van der Waals surface area contributed by atoms with Crippen LogP contribution in [0.5, 0.6) is 5.75 Å². The predicted molar refractivity (Wildman–Crippen MR) is 83.5 cm³/mol. The van der Waals surface area contributed by atoms with Gasteiger partial charge in [0.1, 0.15) is 12.4 Å². The predicted octanol–water partition coefficient (Wildman–Crippen LogP) is 4.63. The van der Waals surface area contributed by atoms with Crippen molar-refractivity contribution in [2.45, 2.75) is 13.2 Å². The lowest BCUT2D eigenvalue weighted by molar-refractivity contribution is 0.262. The van der Waals surface area contributed by atoms with Gasteiger partial charge in [-0.15, -0.1) is 11.3 Å². The van der Waals surface area contributed by atoms with Crippen LogP contribution in [0.15, 0.2) is 48.5 Å². The third-order valence-electron chi connectivity index (χ3n) is 3.15. The van der Waals surface area contributed by atoms with Crippen molar-refractivity contribution < 1.29 is 9.84 Å². The van der Waals surface area contributed by atoms with E-state index >= 15 is 0 Å². The molecule has 0 radical (unpaired) electrons. The van der Waals surface area contributed by atoms with Crippen molar-refractivity contribution in [3.05, 3.63) is 63.3 Å². The fourth-order valence-corrected chi connectivity index (χ4v) is 3.19. The van der Waals surface area contributed by atoms with Crippen LogP contribution >= 0.6 is 22.9 Å². The number of rotatable bonds is 4. The molecule has 3 rings (SSSR count). The highest BCUT2D eigenvalue weighted by molar-refractivity contribution is 7.16. The van der Waals surface area contributed by atoms with Crippen LogP contribution in [-0.4, -0.2) is 5.11 Å². The summed E-state index contributed by atoms with van der Waals surface area (Å²) >= 11 is 7.40. The summed E-state index contributed by atoms with van der Waals surface area (Å²) in [5.74, 6) is 0.718. The Morgan fingerprint density at radius 1 is 1.05 bits per heavy atom. The molecule has 0 unspecified atom stereocenters. The second-order valence-corrected chi connectivity index (χ2v) is 6.22. The molecule has 0 spiro atoms. The Morgan fingerprint density at radius 3 is 2.65 bits per heavy atom. The van der Waals surface area contributed by atoms with E-state index in [-0.39, 0.29) is 6.61 Å². The lowest BCUT2D eigenvalue weighted by Crippen LogP contribution is -1.98. The highest BCUT2D eigenvalue weighted by Crippen LogP contribution is 2.29. The van der Waals surface area contributed by atoms with Gasteiger partial charge < -0.3 is 9.84 Å². The van der Waals surface area contributed by atoms with Crippen LogP contribution in [0.1, 0.15) is 10.4 Å². The number of hydrogen-bond donors (Lipinski definition) is 1. The molecule has 0 fully saturated rings. The molecule has 4 heteroatoms. The summed E-state index contributed by atoms with van der Waals surface area (Å²) in [7, 11) is 0. The number of hydrogen-bond acceptors (Lipinski definition) is 3. The van der Waals surface area contributed by atoms with E-state index < -0.39 is 0 Å². The molecule has 2 nitrogen and oxygen atoms in total. The number of benzene rings is 2. The third-order valence-corrected chi connectivity index (χ3v) is 4.36. The summed E-state index contributed by atoms with van der Waals surface area (Å²) in [5, 5.41) is 11.7. The summed E-state index contributed by atoms with van der Waals surface area (Å²) in [6, 6.07) is 15.7. The Bertz CT molecular complexity index is 736. The van der Waals surface area contributed by atoms with E-state index in [0.29, 0.717) is 6.61 Å². The average Bonchev–Trinajstić information content (AvgIpc) is 2.90. The van der Waals surface area contributed by atoms with Gasteiger partial charge in [-0.2, -0.15) is 0 Å². The van der Waals surface area contributed by atoms with Crippen LogP contribution in [0.4, 0.5) is 0 Å². The topological polar surface area (TPSA) is 29.5 Å². The number of halogens is 1. The molecule has 102 valence electrons. The quantitative estimate of drug-likeness (QED) is 0.761. The Morgan fingerprint density at radius 2 is 1.90 bits per heavy atom. The van der Waals surface area contributed by atoms with E-state index in [0.717, 1.165) is 31.3 Å². The molecule has 0 bridgehead atoms. The molecular weight excluding hydrogens is 292 g/mol. The highest BCUT2D eigenvalue weighted by Gasteiger charge is 2.08. The molecule has 2 aromatic carbocycles. The van der Waals surface area contributed by atoms with Gasteiger partial charge in [0.15, 0.2) is 0 Å². The first-order valence-electron chi connectivity index (χ1n) is 6.26. The fraction of sp³-hybridized carbons (Fsp3) is 0.125. The lowest BCUT2D eigenvalue weighted by atomic mass is 10.0. The van der Waals surface area contributed by atoms with Gasteiger partial charge >= 0.3 is 0 Å². The van der Waals surface area contributed by atoms with Gasteiger partial charge in [-0.05, 0) is 29.0 Å². The van der Waals surface area contributed by atoms with Crippen LogP contribution < -0.4 is 4.74 Å². The molecule has 0 saturated carbocycles. The van der Waals surface area contributed by atoms with Gasteiger partial charge in [0.2, 0.25) is 0 Å². The zero-order valence-corrected chi connectivity index (χ0v) is 12.2. The largest absolute Gasteiger partial charge is 0.488 e. The van der Waals surface area contributed by atoms with E-state index in [2.05, 4.69) is 0 Å². The maximum absolute atomic E-state index is 9.62. The molecule has 0 atom stereocenters. The highest BCUT2D eigenvalue weighted by atomic mass is 35.5. The van der Waals surface area contributed by atoms with Crippen LogP contribution in [0, 0.1) is 0 Å². The van der Waals surface area contributed by atoms with Crippen LogP contribution in [0.2, 0.25) is 4.34 Å². The first kappa shape index (κ1) is 13.4. The normalized spacial score (nSPS) is 10.9. The monoisotopic (exact) mass is 304 g/mol. The van der Waals surface area contributed by atoms with Gasteiger partial charge in [-0.1, -0.05) is 41.9 Å². The molecule has 1 heterocycles. The second-order valence-electron chi connectivity index (χ2n) is 4.42. The van der Waals surface area contributed by atoms with Gasteiger partial charge in [-0.25, -0.2) is 0 Å². The fourth-order valence-electron chi connectivity index (χ4n) is 2.19. The maximum Gasteiger partial charge on any atom is 0.126 e. The van der Waals surface area contributed by atoms with E-state index in [1.807, 2.05) is 48.5 Å². The Hall–Kier alpha value is -1.55. The molecule has 0 amide bonds. The van der Waals surface area contributed by atoms with E-state index in [1.54, 1.807) is 0 Å². The molecule has 20 heavy (non-hydrogen) atoms. The van der Waals surface area contributed by atoms with Gasteiger partial charge in [0.05, 0.1) is 10.9 Å². The van der Waals surface area contributed by atoms with Crippen LogP contribution in [0.25, 0.3) is 10.8 Å². The summed E-state index contributed by atoms with van der Waals surface area (Å²) in [6.07, 6.45) is 0. The molecule has 0 aliphatic carbocycles. The zero-order valence-electron chi connectivity index (χ0n) is 10.7. The lowest BCUT2D eigenvalue weighted by Gasteiger charge is -2.12. The number of thiophene rings is 1. The minimum absolute atomic E-state index is 0.0398. The number of aliphatic hydroxyl groups excluding tert-OH is 1. The first-order chi connectivity index (χ1) is 9.78. The van der Waals surface area contributed by atoms with Gasteiger partial charge in [0, 0.05) is 10.4 Å². The van der Waals surface area contributed by atoms with E-state index in [1.165, 1.54) is 11.3 Å². The summed E-state index contributed by atoms with van der Waals surface area (Å²) in [6.45, 7) is 0.421. The van der Waals surface area contributed by atoms with Crippen molar-refractivity contribution in [1.82, 2.24) is 0 Å². The number of aliphatic hydroxyl groups is 1. The average molecular weight is 305 g/mol. The van der Waals surface area contributed by atoms with Crippen LogP contribution in [0.3, 0.4) is 0 Å². The second kappa shape index (κ2) is 5.83. The molecule has 3 aromatic rings. The van der Waals surface area contributed by atoms with Crippen molar-refractivity contribution in [2.24, 2.45) is 0 Å². The Kier molecular flexibility index (Phi) is 3.92. The van der Waals surface area contributed by atoms with Gasteiger partial charge in [0.25, 0.3) is 0 Å². The molecular formula is C16H13ClO2S. The molecule has 1 N–H and O–H groups in total.